The molecular weight excluding hydrogens is 354 g/mol. The summed E-state index contributed by atoms with van der Waals surface area (Å²) < 4.78 is 5.48. The van der Waals surface area contributed by atoms with Gasteiger partial charge in [-0.05, 0) is 46.6 Å². The van der Waals surface area contributed by atoms with Crippen molar-refractivity contribution < 1.29 is 9.53 Å². The highest BCUT2D eigenvalue weighted by molar-refractivity contribution is 5.68. The maximum absolute atomic E-state index is 12.8. The molecule has 6 heteroatoms. The number of rotatable bonds is 2. The number of amides is 1. The van der Waals surface area contributed by atoms with Gasteiger partial charge in [-0.3, -0.25) is 4.79 Å². The van der Waals surface area contributed by atoms with Crippen molar-refractivity contribution in [3.8, 4) is 0 Å². The van der Waals surface area contributed by atoms with E-state index in [0.29, 0.717) is 37.3 Å². The zero-order chi connectivity index (χ0) is 20.5. The van der Waals surface area contributed by atoms with E-state index in [1.54, 1.807) is 4.90 Å². The van der Waals surface area contributed by atoms with Gasteiger partial charge in [0.25, 0.3) is 5.56 Å². The van der Waals surface area contributed by atoms with Gasteiger partial charge >= 0.3 is 6.09 Å². The van der Waals surface area contributed by atoms with Crippen LogP contribution in [-0.4, -0.2) is 39.7 Å². The molecule has 2 heterocycles. The molecule has 0 unspecified atom stereocenters. The Morgan fingerprint density at radius 3 is 2.36 bits per heavy atom. The van der Waals surface area contributed by atoms with E-state index in [9.17, 15) is 9.59 Å². The Morgan fingerprint density at radius 2 is 1.71 bits per heavy atom. The molecule has 0 saturated carbocycles. The summed E-state index contributed by atoms with van der Waals surface area (Å²) >= 11 is 0. The molecule has 1 N–H and O–H groups in total. The first-order chi connectivity index (χ1) is 13.1. The van der Waals surface area contributed by atoms with Crippen LogP contribution in [0.25, 0.3) is 0 Å². The Morgan fingerprint density at radius 1 is 1.07 bits per heavy atom. The van der Waals surface area contributed by atoms with Gasteiger partial charge in [-0.1, -0.05) is 30.3 Å². The van der Waals surface area contributed by atoms with Gasteiger partial charge in [0.2, 0.25) is 0 Å². The monoisotopic (exact) mass is 383 g/mol. The minimum atomic E-state index is -0.543. The predicted octanol–water partition coefficient (Wildman–Crippen LogP) is 3.43. The molecule has 0 aliphatic carbocycles. The molecular formula is C22H29N3O3. The van der Waals surface area contributed by atoms with Crippen molar-refractivity contribution in [2.45, 2.75) is 58.5 Å². The molecule has 2 aromatic rings. The number of hydrogen-bond acceptors (Lipinski definition) is 4. The summed E-state index contributed by atoms with van der Waals surface area (Å²) in [7, 11) is 0. The van der Waals surface area contributed by atoms with Gasteiger partial charge in [0.15, 0.2) is 0 Å². The molecule has 150 valence electrons. The van der Waals surface area contributed by atoms with Crippen LogP contribution in [0, 0.1) is 0 Å². The van der Waals surface area contributed by atoms with E-state index in [1.807, 2.05) is 51.1 Å². The topological polar surface area (TPSA) is 75.3 Å². The molecule has 1 amide bonds. The fourth-order valence-electron chi connectivity index (χ4n) is 3.41. The van der Waals surface area contributed by atoms with Gasteiger partial charge in [0, 0.05) is 30.5 Å². The second kappa shape index (κ2) is 7.41. The highest BCUT2D eigenvalue weighted by atomic mass is 16.6. The Kier molecular flexibility index (Phi) is 5.33. The van der Waals surface area contributed by atoms with Gasteiger partial charge in [-0.25, -0.2) is 9.78 Å². The SMILES string of the molecule is CC(C)(C)OC(=O)N1CCc2nc(C(C)(C)c3ccccc3)[nH]c(=O)c2CC1. The molecule has 0 atom stereocenters. The maximum Gasteiger partial charge on any atom is 0.410 e. The van der Waals surface area contributed by atoms with E-state index in [2.05, 4.69) is 18.8 Å². The van der Waals surface area contributed by atoms with Gasteiger partial charge in [-0.15, -0.1) is 0 Å². The summed E-state index contributed by atoms with van der Waals surface area (Å²) in [6, 6.07) is 10.0. The van der Waals surface area contributed by atoms with Crippen molar-refractivity contribution in [2.75, 3.05) is 13.1 Å². The number of nitrogens with zero attached hydrogens (tertiary/aromatic N) is 2. The predicted molar refractivity (Wildman–Crippen MR) is 109 cm³/mol. The molecule has 0 spiro atoms. The van der Waals surface area contributed by atoms with E-state index >= 15 is 0 Å². The minimum absolute atomic E-state index is 0.116. The Balaban J connectivity index is 1.87. The van der Waals surface area contributed by atoms with Crippen molar-refractivity contribution in [3.63, 3.8) is 0 Å². The summed E-state index contributed by atoms with van der Waals surface area (Å²) in [6.45, 7) is 10.6. The summed E-state index contributed by atoms with van der Waals surface area (Å²) in [5.74, 6) is 0.646. The zero-order valence-electron chi connectivity index (χ0n) is 17.3. The van der Waals surface area contributed by atoms with E-state index in [-0.39, 0.29) is 11.7 Å². The number of aromatic amines is 1. The molecule has 6 nitrogen and oxygen atoms in total. The summed E-state index contributed by atoms with van der Waals surface area (Å²) in [5, 5.41) is 0. The normalized spacial score (nSPS) is 15.0. The third-order valence-corrected chi connectivity index (χ3v) is 5.09. The number of nitrogens with one attached hydrogen (secondary N) is 1. The smallest absolute Gasteiger partial charge is 0.410 e. The van der Waals surface area contributed by atoms with Gasteiger partial charge < -0.3 is 14.6 Å². The molecule has 0 bridgehead atoms. The first-order valence-electron chi connectivity index (χ1n) is 9.74. The average Bonchev–Trinajstić information content (AvgIpc) is 2.84. The van der Waals surface area contributed by atoms with Crippen LogP contribution in [-0.2, 0) is 23.0 Å². The number of carbonyl (C=O) groups is 1. The van der Waals surface area contributed by atoms with E-state index < -0.39 is 11.0 Å². The second-order valence-electron chi connectivity index (χ2n) is 8.80. The fourth-order valence-corrected chi connectivity index (χ4v) is 3.41. The minimum Gasteiger partial charge on any atom is -0.444 e. The van der Waals surface area contributed by atoms with E-state index in [1.165, 1.54) is 0 Å². The molecule has 0 radical (unpaired) electrons. The van der Waals surface area contributed by atoms with Crippen molar-refractivity contribution in [2.24, 2.45) is 0 Å². The quantitative estimate of drug-likeness (QED) is 0.862. The summed E-state index contributed by atoms with van der Waals surface area (Å²) in [4.78, 5) is 34.7. The number of aromatic nitrogens is 2. The van der Waals surface area contributed by atoms with Crippen molar-refractivity contribution in [3.05, 3.63) is 63.3 Å². The van der Waals surface area contributed by atoms with Crippen LogP contribution in [0.15, 0.2) is 35.1 Å². The largest absolute Gasteiger partial charge is 0.444 e. The van der Waals surface area contributed by atoms with Crippen LogP contribution in [0.2, 0.25) is 0 Å². The van der Waals surface area contributed by atoms with Gasteiger partial charge in [0.1, 0.15) is 11.4 Å². The highest BCUT2D eigenvalue weighted by Gasteiger charge is 2.30. The zero-order valence-corrected chi connectivity index (χ0v) is 17.3. The highest BCUT2D eigenvalue weighted by Crippen LogP contribution is 2.28. The number of carbonyl (C=O) groups excluding carboxylic acids is 1. The lowest BCUT2D eigenvalue weighted by atomic mass is 9.83. The third-order valence-electron chi connectivity index (χ3n) is 5.09. The van der Waals surface area contributed by atoms with Crippen LogP contribution >= 0.6 is 0 Å². The number of hydrogen-bond donors (Lipinski definition) is 1. The molecule has 0 fully saturated rings. The molecule has 28 heavy (non-hydrogen) atoms. The molecule has 1 aromatic carbocycles. The third kappa shape index (κ3) is 4.26. The first-order valence-corrected chi connectivity index (χ1v) is 9.74. The second-order valence-corrected chi connectivity index (χ2v) is 8.80. The van der Waals surface area contributed by atoms with Crippen molar-refractivity contribution in [1.82, 2.24) is 14.9 Å². The fraction of sp³-hybridized carbons (Fsp3) is 0.500. The van der Waals surface area contributed by atoms with Crippen molar-refractivity contribution in [1.29, 1.82) is 0 Å². The molecule has 0 saturated heterocycles. The van der Waals surface area contributed by atoms with Gasteiger partial charge in [0.05, 0.1) is 5.69 Å². The maximum atomic E-state index is 12.8. The molecule has 3 rings (SSSR count). The van der Waals surface area contributed by atoms with Gasteiger partial charge in [-0.2, -0.15) is 0 Å². The molecule has 1 aromatic heterocycles. The lowest BCUT2D eigenvalue weighted by Crippen LogP contribution is -2.38. The average molecular weight is 383 g/mol. The summed E-state index contributed by atoms with van der Waals surface area (Å²) in [6.07, 6.45) is 0.667. The number of ether oxygens (including phenoxy) is 1. The first kappa shape index (κ1) is 20.1. The Labute approximate surface area is 165 Å². The van der Waals surface area contributed by atoms with Crippen LogP contribution in [0.5, 0.6) is 0 Å². The summed E-state index contributed by atoms with van der Waals surface area (Å²) in [5.41, 5.74) is 1.44. The van der Waals surface area contributed by atoms with Crippen LogP contribution < -0.4 is 5.56 Å². The Hall–Kier alpha value is -2.63. The molecule has 1 aliphatic heterocycles. The standard InChI is InChI=1S/C22H29N3O3/c1-21(2,3)28-20(27)25-13-11-16-17(12-14-25)23-19(24-18(16)26)22(4,5)15-9-7-6-8-10-15/h6-10H,11-14H2,1-5H3,(H,23,24,26). The lowest BCUT2D eigenvalue weighted by molar-refractivity contribution is 0.0258. The Bertz CT molecular complexity index is 911. The van der Waals surface area contributed by atoms with Crippen LogP contribution in [0.4, 0.5) is 4.79 Å². The lowest BCUT2D eigenvalue weighted by Gasteiger charge is -2.26. The number of H-pyrrole nitrogens is 1. The van der Waals surface area contributed by atoms with E-state index in [0.717, 1.165) is 11.3 Å². The number of benzene rings is 1. The van der Waals surface area contributed by atoms with Crippen molar-refractivity contribution >= 4 is 6.09 Å². The number of fused-ring (bicyclic) bond motifs is 1. The van der Waals surface area contributed by atoms with Crippen LogP contribution in [0.1, 0.15) is 57.3 Å². The van der Waals surface area contributed by atoms with Crippen LogP contribution in [0.3, 0.4) is 0 Å². The molecule has 1 aliphatic rings. The van der Waals surface area contributed by atoms with E-state index in [4.69, 9.17) is 9.72 Å².